The van der Waals surface area contributed by atoms with Gasteiger partial charge < -0.3 is 4.74 Å². The fourth-order valence-electron chi connectivity index (χ4n) is 0.991. The van der Waals surface area contributed by atoms with E-state index < -0.39 is 5.97 Å². The minimum Gasteiger partial charge on any atom is -0.464 e. The number of aryl methyl sites for hydroxylation is 1. The summed E-state index contributed by atoms with van der Waals surface area (Å²) in [4.78, 5) is 26.9. The summed E-state index contributed by atoms with van der Waals surface area (Å²) in [6.07, 6.45) is 1.22. The number of carbonyl (C=O) groups is 1. The lowest BCUT2D eigenvalue weighted by Crippen LogP contribution is -2.11. The van der Waals surface area contributed by atoms with Gasteiger partial charge in [-0.25, -0.2) is 9.63 Å². The number of hydrogen-bond donors (Lipinski definition) is 0. The van der Waals surface area contributed by atoms with Gasteiger partial charge in [0.15, 0.2) is 7.11 Å². The van der Waals surface area contributed by atoms with Gasteiger partial charge in [-0.05, 0) is 0 Å². The summed E-state index contributed by atoms with van der Waals surface area (Å²) >= 11 is 0. The second kappa shape index (κ2) is 3.86. The van der Waals surface area contributed by atoms with E-state index in [1.165, 1.54) is 32.1 Å². The van der Waals surface area contributed by atoms with Crippen LogP contribution in [0.3, 0.4) is 0 Å². The Morgan fingerprint density at radius 2 is 2.21 bits per heavy atom. The molecule has 7 nitrogen and oxygen atoms in total. The first-order valence-electron chi connectivity index (χ1n) is 3.73. The molecule has 14 heavy (non-hydrogen) atoms. The Bertz CT molecular complexity index is 371. The van der Waals surface area contributed by atoms with Crippen molar-refractivity contribution < 1.29 is 19.3 Å². The molecule has 0 unspecified atom stereocenters. The van der Waals surface area contributed by atoms with Crippen molar-refractivity contribution in [1.29, 1.82) is 0 Å². The first-order chi connectivity index (χ1) is 6.61. The number of aromatic nitrogens is 2. The molecule has 0 spiro atoms. The SMILES string of the molecule is COC(=O)c1c([N+](=O)OC)cnn1C. The Labute approximate surface area is 79.7 Å². The van der Waals surface area contributed by atoms with Crippen molar-refractivity contribution in [1.82, 2.24) is 9.78 Å². The van der Waals surface area contributed by atoms with Gasteiger partial charge in [-0.15, -0.1) is 0 Å². The summed E-state index contributed by atoms with van der Waals surface area (Å²) in [5.74, 6) is -0.641. The van der Waals surface area contributed by atoms with Gasteiger partial charge in [0.05, 0.1) is 12.0 Å². The summed E-state index contributed by atoms with van der Waals surface area (Å²) in [5.41, 5.74) is 0.0613. The fourth-order valence-corrected chi connectivity index (χ4v) is 0.991. The molecule has 1 rings (SSSR count). The third-order valence-corrected chi connectivity index (χ3v) is 1.66. The molecule has 0 aliphatic carbocycles. The zero-order valence-electron chi connectivity index (χ0n) is 8.05. The summed E-state index contributed by atoms with van der Waals surface area (Å²) in [6, 6.07) is 0. The Morgan fingerprint density at radius 3 is 2.71 bits per heavy atom. The van der Waals surface area contributed by atoms with Gasteiger partial charge in [0.2, 0.25) is 5.69 Å². The maximum absolute atomic E-state index is 11.2. The van der Waals surface area contributed by atoms with E-state index in [-0.39, 0.29) is 16.3 Å². The number of esters is 1. The van der Waals surface area contributed by atoms with Crippen molar-refractivity contribution in [3.63, 3.8) is 0 Å². The minimum atomic E-state index is -0.641. The minimum absolute atomic E-state index is 0.0156. The maximum Gasteiger partial charge on any atom is 0.369 e. The highest BCUT2D eigenvalue weighted by atomic mass is 16.8. The van der Waals surface area contributed by atoms with Crippen LogP contribution < -0.4 is 0 Å². The zero-order valence-corrected chi connectivity index (χ0v) is 8.05. The van der Waals surface area contributed by atoms with Crippen LogP contribution in [0.2, 0.25) is 0 Å². The molecule has 0 amide bonds. The number of rotatable bonds is 3. The van der Waals surface area contributed by atoms with Crippen LogP contribution in [0.25, 0.3) is 0 Å². The molecule has 0 aromatic carbocycles. The first kappa shape index (κ1) is 10.2. The lowest BCUT2D eigenvalue weighted by atomic mass is 10.4. The summed E-state index contributed by atoms with van der Waals surface area (Å²) in [6.45, 7) is 0. The topological polar surface area (TPSA) is 73.4 Å². The van der Waals surface area contributed by atoms with E-state index in [0.29, 0.717) is 0 Å². The Hall–Kier alpha value is -1.92. The molecular formula is C7H10N3O4+. The van der Waals surface area contributed by atoms with Gasteiger partial charge in [-0.2, -0.15) is 5.10 Å². The average Bonchev–Trinajstić information content (AvgIpc) is 2.58. The number of carbonyl (C=O) groups excluding carboxylic acids is 1. The summed E-state index contributed by atoms with van der Waals surface area (Å²) in [7, 11) is 3.95. The molecular weight excluding hydrogens is 190 g/mol. The Kier molecular flexibility index (Phi) is 2.80. The molecule has 0 saturated heterocycles. The molecule has 76 valence electrons. The van der Waals surface area contributed by atoms with E-state index in [1.54, 1.807) is 0 Å². The third kappa shape index (κ3) is 1.56. The monoisotopic (exact) mass is 200 g/mol. The van der Waals surface area contributed by atoms with Crippen LogP contribution in [0.1, 0.15) is 10.5 Å². The van der Waals surface area contributed by atoms with E-state index >= 15 is 0 Å². The van der Waals surface area contributed by atoms with Gasteiger partial charge in [0.1, 0.15) is 6.20 Å². The predicted octanol–water partition coefficient (Wildman–Crippen LogP) is 0.178. The van der Waals surface area contributed by atoms with Crippen molar-refractivity contribution in [2.24, 2.45) is 7.05 Å². The molecule has 0 aliphatic rings. The Morgan fingerprint density at radius 1 is 1.57 bits per heavy atom. The van der Waals surface area contributed by atoms with E-state index in [4.69, 9.17) is 0 Å². The zero-order chi connectivity index (χ0) is 10.7. The average molecular weight is 200 g/mol. The molecule has 7 heteroatoms. The first-order valence-corrected chi connectivity index (χ1v) is 3.73. The second-order valence-corrected chi connectivity index (χ2v) is 2.43. The number of ether oxygens (including phenoxy) is 1. The molecule has 0 saturated carbocycles. The third-order valence-electron chi connectivity index (χ3n) is 1.66. The van der Waals surface area contributed by atoms with Crippen LogP contribution in [-0.4, -0.2) is 34.9 Å². The molecule has 0 atom stereocenters. The van der Waals surface area contributed by atoms with E-state index in [2.05, 4.69) is 14.7 Å². The highest BCUT2D eigenvalue weighted by molar-refractivity contribution is 5.91. The molecule has 0 aliphatic heterocycles. The standard InChI is InChI=1S/C7H10N3O4/c1-9-6(7(11)13-2)5(4-8-9)10(12)14-3/h4H,1-3H3/q+1. The van der Waals surface area contributed by atoms with Gasteiger partial charge in [-0.1, -0.05) is 0 Å². The van der Waals surface area contributed by atoms with Crippen LogP contribution in [0.4, 0.5) is 5.69 Å². The molecule has 0 radical (unpaired) electrons. The molecule has 0 bridgehead atoms. The van der Waals surface area contributed by atoms with Gasteiger partial charge in [0.25, 0.3) is 4.92 Å². The summed E-state index contributed by atoms with van der Waals surface area (Å²) < 4.78 is 5.73. The van der Waals surface area contributed by atoms with Crippen molar-refractivity contribution >= 4 is 11.7 Å². The highest BCUT2D eigenvalue weighted by Crippen LogP contribution is 2.17. The number of methoxy groups -OCH3 is 1. The van der Waals surface area contributed by atoms with Crippen molar-refractivity contribution in [2.75, 3.05) is 14.2 Å². The normalized spacial score (nSPS) is 9.64. The van der Waals surface area contributed by atoms with Crippen molar-refractivity contribution in [2.45, 2.75) is 0 Å². The summed E-state index contributed by atoms with van der Waals surface area (Å²) in [5, 5.41) is 3.75. The largest absolute Gasteiger partial charge is 0.464 e. The van der Waals surface area contributed by atoms with Crippen LogP contribution >= 0.6 is 0 Å². The highest BCUT2D eigenvalue weighted by Gasteiger charge is 2.30. The lowest BCUT2D eigenvalue weighted by molar-refractivity contribution is -0.736. The van der Waals surface area contributed by atoms with Gasteiger partial charge in [-0.3, -0.25) is 4.68 Å². The molecule has 1 aromatic rings. The molecule has 0 fully saturated rings. The van der Waals surface area contributed by atoms with Crippen molar-refractivity contribution in [3.8, 4) is 0 Å². The van der Waals surface area contributed by atoms with Crippen LogP contribution in [0.15, 0.2) is 6.20 Å². The van der Waals surface area contributed by atoms with Gasteiger partial charge >= 0.3 is 11.7 Å². The second-order valence-electron chi connectivity index (χ2n) is 2.43. The molecule has 1 aromatic heterocycles. The quantitative estimate of drug-likeness (QED) is 0.514. The van der Waals surface area contributed by atoms with Gasteiger partial charge in [0, 0.05) is 7.05 Å². The lowest BCUT2D eigenvalue weighted by Gasteiger charge is -1.97. The van der Waals surface area contributed by atoms with Crippen LogP contribution in [0, 0.1) is 4.91 Å². The molecule has 0 N–H and O–H groups in total. The van der Waals surface area contributed by atoms with E-state index in [9.17, 15) is 9.70 Å². The maximum atomic E-state index is 11.2. The molecule has 1 heterocycles. The smallest absolute Gasteiger partial charge is 0.369 e. The number of nitrogens with zero attached hydrogens (tertiary/aromatic N) is 3. The van der Waals surface area contributed by atoms with E-state index in [0.717, 1.165) is 0 Å². The Balaban J connectivity index is 3.19. The van der Waals surface area contributed by atoms with Crippen molar-refractivity contribution in [3.05, 3.63) is 16.8 Å². The predicted molar refractivity (Wildman–Crippen MR) is 44.8 cm³/mol. The fraction of sp³-hybridized carbons (Fsp3) is 0.429. The van der Waals surface area contributed by atoms with Crippen LogP contribution in [-0.2, 0) is 16.6 Å². The van der Waals surface area contributed by atoms with Crippen LogP contribution in [0.5, 0.6) is 0 Å². The number of hydrogen-bond acceptors (Lipinski definition) is 5. The van der Waals surface area contributed by atoms with E-state index in [1.807, 2.05) is 0 Å².